The second-order valence-corrected chi connectivity index (χ2v) is 23.2. The summed E-state index contributed by atoms with van der Waals surface area (Å²) in [6.45, 7) is 9.49. The molecule has 0 bridgehead atoms. The Hall–Kier alpha value is -4.02. The van der Waals surface area contributed by atoms with Crippen LogP contribution < -0.4 is 48.7 Å². The summed E-state index contributed by atoms with van der Waals surface area (Å²) in [5, 5.41) is 23.1. The first-order valence-corrected chi connectivity index (χ1v) is 26.9. The zero-order chi connectivity index (χ0) is 52.3. The van der Waals surface area contributed by atoms with Crippen LogP contribution in [0.25, 0.3) is 0 Å². The third-order valence-corrected chi connectivity index (χ3v) is 10.3. The molecule has 0 amide bonds. The summed E-state index contributed by atoms with van der Waals surface area (Å²) in [7, 11) is 0.383. The first-order chi connectivity index (χ1) is 29.9. The second kappa shape index (κ2) is 31.1. The van der Waals surface area contributed by atoms with Crippen LogP contribution in [0.5, 0.6) is 34.5 Å². The lowest BCUT2D eigenvalue weighted by atomic mass is 10.2. The number of ether oxygens (including phenoxy) is 6. The standard InChI is InChI=1S/C13H21NO5S.C10H15NO4S.C9H13NO2.C4H11NO3S.C3H6O.CH3ClO2S/c1-13(2,15)9-20(16,17)14-8-10-5-6-11(18-3)7-12(10)19-4;1-14-9-5-4-8(10(6-9)15-2)7-11-16(3,12)13;1-11-8-4-3-7(6-10)9(5-8)12-2;1-4(2,6)3-9(5,7)8;1-3(2)4;1-5(2,3)4/h5-7,14-15H,8-9H2,1-4H3;4-6,11H,7H2,1-3H3;3-5H,6,10H2,1-2H3;6H,3H2,1-2H3,(H2,5,7,8);1-2H3;1H3. The van der Waals surface area contributed by atoms with Crippen LogP contribution in [-0.2, 0) is 63.5 Å². The van der Waals surface area contributed by atoms with Gasteiger partial charge < -0.3 is 49.2 Å². The maximum Gasteiger partial charge on any atom is 0.229 e. The molecule has 0 aliphatic heterocycles. The summed E-state index contributed by atoms with van der Waals surface area (Å²) < 4.78 is 120. The van der Waals surface area contributed by atoms with Crippen LogP contribution in [0.4, 0.5) is 0 Å². The molecule has 0 unspecified atom stereocenters. The summed E-state index contributed by atoms with van der Waals surface area (Å²) in [5.74, 6) is 3.38. The lowest BCUT2D eigenvalue weighted by Crippen LogP contribution is -2.37. The quantitative estimate of drug-likeness (QED) is 0.106. The number of nitrogens with two attached hydrogens (primary N) is 2. The molecule has 0 saturated carbocycles. The smallest absolute Gasteiger partial charge is 0.229 e. The number of halogens is 1. The van der Waals surface area contributed by atoms with E-state index in [1.165, 1.54) is 55.8 Å². The van der Waals surface area contributed by atoms with Gasteiger partial charge >= 0.3 is 0 Å². The molecule has 382 valence electrons. The number of Topliss-reactive ketones (excluding diaryl/α,β-unsaturated/α-hetero) is 1. The second-order valence-electron chi connectivity index (χ2n) is 14.9. The summed E-state index contributed by atoms with van der Waals surface area (Å²) in [4.78, 5) is 9.44. The van der Waals surface area contributed by atoms with Crippen LogP contribution in [0.15, 0.2) is 54.6 Å². The zero-order valence-electron chi connectivity index (χ0n) is 39.9. The predicted molar refractivity (Wildman–Crippen MR) is 256 cm³/mol. The highest BCUT2D eigenvalue weighted by atomic mass is 35.7. The summed E-state index contributed by atoms with van der Waals surface area (Å²) >= 11 is 0. The molecule has 26 heteroatoms. The fraction of sp³-hybridized carbons (Fsp3) is 0.525. The van der Waals surface area contributed by atoms with E-state index in [2.05, 4.69) is 25.3 Å². The molecule has 21 nitrogen and oxygen atoms in total. The van der Waals surface area contributed by atoms with Crippen molar-refractivity contribution < 1.29 is 77.1 Å². The van der Waals surface area contributed by atoms with Crippen molar-refractivity contribution in [2.24, 2.45) is 10.9 Å². The van der Waals surface area contributed by atoms with Crippen molar-refractivity contribution in [3.63, 3.8) is 0 Å². The normalized spacial score (nSPS) is 11.3. The van der Waals surface area contributed by atoms with Crippen LogP contribution in [0.2, 0.25) is 0 Å². The minimum absolute atomic E-state index is 0.0889. The van der Waals surface area contributed by atoms with Gasteiger partial charge in [0.2, 0.25) is 39.1 Å². The lowest BCUT2D eigenvalue weighted by Gasteiger charge is -2.18. The summed E-state index contributed by atoms with van der Waals surface area (Å²) in [6.07, 6.45) is 2.04. The monoisotopic (exact) mass is 1040 g/mol. The van der Waals surface area contributed by atoms with Crippen molar-refractivity contribution >= 4 is 55.6 Å². The molecule has 0 aromatic heterocycles. The maximum atomic E-state index is 11.8. The maximum absolute atomic E-state index is 11.8. The number of hydrogen-bond donors (Lipinski definition) is 6. The van der Waals surface area contributed by atoms with Crippen LogP contribution in [0.1, 0.15) is 58.2 Å². The van der Waals surface area contributed by atoms with E-state index in [4.69, 9.17) is 39.3 Å². The van der Waals surface area contributed by atoms with Gasteiger partial charge in [0, 0.05) is 65.2 Å². The number of carbonyl (C=O) groups is 1. The van der Waals surface area contributed by atoms with Gasteiger partial charge in [0.15, 0.2) is 0 Å². The average molecular weight is 1040 g/mol. The molecular formula is C40H69ClN4O17S4. The Morgan fingerprint density at radius 1 is 0.591 bits per heavy atom. The van der Waals surface area contributed by atoms with Crippen molar-refractivity contribution in [1.29, 1.82) is 0 Å². The lowest BCUT2D eigenvalue weighted by molar-refractivity contribution is -0.115. The highest BCUT2D eigenvalue weighted by Crippen LogP contribution is 2.26. The van der Waals surface area contributed by atoms with Gasteiger partial charge in [0.05, 0.1) is 77.9 Å². The zero-order valence-corrected chi connectivity index (χ0v) is 43.9. The van der Waals surface area contributed by atoms with Crippen molar-refractivity contribution in [3.05, 3.63) is 71.3 Å². The van der Waals surface area contributed by atoms with Crippen LogP contribution >= 0.6 is 10.7 Å². The van der Waals surface area contributed by atoms with Crippen molar-refractivity contribution in [3.8, 4) is 34.5 Å². The Morgan fingerprint density at radius 3 is 1.11 bits per heavy atom. The van der Waals surface area contributed by atoms with Gasteiger partial charge in [-0.25, -0.2) is 48.3 Å². The molecule has 66 heavy (non-hydrogen) atoms. The molecule has 8 N–H and O–H groups in total. The van der Waals surface area contributed by atoms with Crippen molar-refractivity contribution in [2.45, 2.75) is 72.4 Å². The molecule has 0 radical (unpaired) electrons. The highest BCUT2D eigenvalue weighted by Gasteiger charge is 2.23. The van der Waals surface area contributed by atoms with E-state index in [0.717, 1.165) is 35.1 Å². The van der Waals surface area contributed by atoms with Gasteiger partial charge in [-0.05, 0) is 59.7 Å². The predicted octanol–water partition coefficient (Wildman–Crippen LogP) is 2.64. The Balaban J connectivity index is -0.000000776. The van der Waals surface area contributed by atoms with E-state index >= 15 is 0 Å². The van der Waals surface area contributed by atoms with Gasteiger partial charge in [-0.1, -0.05) is 18.2 Å². The molecule has 0 aliphatic carbocycles. The van der Waals surface area contributed by atoms with E-state index in [0.29, 0.717) is 35.1 Å². The Morgan fingerprint density at radius 2 is 0.879 bits per heavy atom. The number of benzene rings is 3. The first kappa shape index (κ1) is 66.3. The average Bonchev–Trinajstić information content (AvgIpc) is 3.16. The topological polar surface area (TPSA) is 326 Å². The van der Waals surface area contributed by atoms with Crippen molar-refractivity contribution in [2.75, 3.05) is 66.7 Å². The Labute approximate surface area is 396 Å². The van der Waals surface area contributed by atoms with E-state index in [1.54, 1.807) is 64.8 Å². The molecular weight excluding hydrogens is 972 g/mol. The Kier molecular flexibility index (Phi) is 31.2. The molecule has 3 aromatic carbocycles. The number of sulfonamides is 3. The number of ketones is 1. The first-order valence-electron chi connectivity index (χ1n) is 18.9. The summed E-state index contributed by atoms with van der Waals surface area (Å²) in [6, 6.07) is 15.9. The van der Waals surface area contributed by atoms with E-state index < -0.39 is 56.1 Å². The molecule has 0 atom stereocenters. The molecule has 0 aliphatic rings. The molecule has 0 heterocycles. The minimum Gasteiger partial charge on any atom is -0.497 e. The van der Waals surface area contributed by atoms with Gasteiger partial charge in [-0.3, -0.25) is 0 Å². The van der Waals surface area contributed by atoms with E-state index in [1.807, 2.05) is 18.2 Å². The number of methoxy groups -OCH3 is 6. The number of rotatable bonds is 17. The van der Waals surface area contributed by atoms with Gasteiger partial charge in [0.25, 0.3) is 0 Å². The molecule has 0 fully saturated rings. The van der Waals surface area contributed by atoms with Crippen LogP contribution in [0, 0.1) is 0 Å². The molecule has 0 spiro atoms. The SMILES string of the molecule is CC(C)(O)CS(N)(=O)=O.CC(C)=O.COc1ccc(CN)c(OC)c1.COc1ccc(CNS(=O)(=O)CC(C)(C)O)c(OC)c1.COc1ccc(CNS(C)(=O)=O)c(OC)c1.CS(=O)(=O)Cl. The number of hydrogen-bond acceptors (Lipinski definition) is 18. The fourth-order valence-corrected chi connectivity index (χ4v) is 7.23. The highest BCUT2D eigenvalue weighted by molar-refractivity contribution is 8.13. The van der Waals surface area contributed by atoms with Gasteiger partial charge in [0.1, 0.15) is 40.3 Å². The third-order valence-electron chi connectivity index (χ3n) is 6.81. The molecule has 3 aromatic rings. The molecule has 3 rings (SSSR count). The summed E-state index contributed by atoms with van der Waals surface area (Å²) in [5.41, 5.74) is 5.42. The number of primary sulfonamides is 1. The third kappa shape index (κ3) is 39.2. The Bertz CT molecular complexity index is 2340. The van der Waals surface area contributed by atoms with E-state index in [-0.39, 0.29) is 24.6 Å². The van der Waals surface area contributed by atoms with Crippen molar-refractivity contribution in [1.82, 2.24) is 9.44 Å². The van der Waals surface area contributed by atoms with Crippen LogP contribution in [0.3, 0.4) is 0 Å². The van der Waals surface area contributed by atoms with Gasteiger partial charge in [-0.2, -0.15) is 0 Å². The fourth-order valence-electron chi connectivity index (χ4n) is 4.42. The minimum atomic E-state index is -3.56. The van der Waals surface area contributed by atoms with E-state index in [9.17, 15) is 43.6 Å². The molecule has 0 saturated heterocycles. The number of carbonyl (C=O) groups excluding carboxylic acids is 1. The van der Waals surface area contributed by atoms with Gasteiger partial charge in [-0.15, -0.1) is 0 Å². The number of aliphatic hydroxyl groups is 2. The number of nitrogens with one attached hydrogen (secondary N) is 2. The van der Waals surface area contributed by atoms with Crippen LogP contribution in [-0.4, -0.2) is 128 Å². The largest absolute Gasteiger partial charge is 0.497 e.